The van der Waals surface area contributed by atoms with Crippen LogP contribution < -0.4 is 0 Å². The Morgan fingerprint density at radius 2 is 2.50 bits per heavy atom. The zero-order valence-electron chi connectivity index (χ0n) is 8.88. The number of nitrogens with zero attached hydrogens (tertiary/aromatic N) is 3. The summed E-state index contributed by atoms with van der Waals surface area (Å²) in [5.74, 6) is 0.805. The lowest BCUT2D eigenvalue weighted by Crippen LogP contribution is -2.31. The maximum absolute atomic E-state index is 11.9. The van der Waals surface area contributed by atoms with Crippen LogP contribution in [0.2, 0.25) is 0 Å². The average molecular weight is 220 g/mol. The summed E-state index contributed by atoms with van der Waals surface area (Å²) >= 11 is 0. The van der Waals surface area contributed by atoms with Crippen molar-refractivity contribution in [2.45, 2.75) is 13.5 Å². The number of rotatable bonds is 4. The van der Waals surface area contributed by atoms with Crippen LogP contribution in [-0.2, 0) is 6.54 Å². The molecule has 0 atom stereocenters. The zero-order chi connectivity index (χ0) is 11.4. The highest BCUT2D eigenvalue weighted by Crippen LogP contribution is 2.07. The molecule has 0 aliphatic carbocycles. The number of aromatic amines is 1. The number of hydrogen-bond acceptors (Lipinski definition) is 4. The number of carbonyl (C=O) groups excluding carboxylic acids is 1. The zero-order valence-corrected chi connectivity index (χ0v) is 8.88. The van der Waals surface area contributed by atoms with Crippen molar-refractivity contribution in [3.8, 4) is 0 Å². The third-order valence-electron chi connectivity index (χ3n) is 2.21. The van der Waals surface area contributed by atoms with Gasteiger partial charge < -0.3 is 9.32 Å². The van der Waals surface area contributed by atoms with E-state index in [0.717, 1.165) is 5.76 Å². The molecule has 0 bridgehead atoms. The number of furan rings is 1. The first-order valence-corrected chi connectivity index (χ1v) is 4.98. The fourth-order valence-corrected chi connectivity index (χ4v) is 1.38. The maximum atomic E-state index is 11.9. The van der Waals surface area contributed by atoms with E-state index < -0.39 is 0 Å². The van der Waals surface area contributed by atoms with Gasteiger partial charge in [-0.25, -0.2) is 4.98 Å². The molecule has 1 amide bonds. The lowest BCUT2D eigenvalue weighted by atomic mass is 10.3. The second kappa shape index (κ2) is 4.61. The van der Waals surface area contributed by atoms with Gasteiger partial charge in [-0.05, 0) is 19.1 Å². The van der Waals surface area contributed by atoms with Crippen LogP contribution in [0.3, 0.4) is 0 Å². The highest BCUT2D eigenvalue weighted by Gasteiger charge is 2.17. The molecule has 0 aromatic carbocycles. The lowest BCUT2D eigenvalue weighted by molar-refractivity contribution is 0.0729. The van der Waals surface area contributed by atoms with Gasteiger partial charge >= 0.3 is 0 Å². The van der Waals surface area contributed by atoms with E-state index in [1.54, 1.807) is 17.2 Å². The second-order valence-electron chi connectivity index (χ2n) is 3.23. The fraction of sp³-hybridized carbons (Fsp3) is 0.300. The van der Waals surface area contributed by atoms with E-state index in [4.69, 9.17) is 4.42 Å². The van der Waals surface area contributed by atoms with E-state index in [1.807, 2.05) is 13.0 Å². The predicted octanol–water partition coefficient (Wildman–Crippen LogP) is 1.06. The van der Waals surface area contributed by atoms with E-state index in [0.29, 0.717) is 13.1 Å². The van der Waals surface area contributed by atoms with E-state index in [2.05, 4.69) is 15.2 Å². The number of aromatic nitrogens is 3. The van der Waals surface area contributed by atoms with Gasteiger partial charge in [-0.3, -0.25) is 9.89 Å². The molecule has 2 rings (SSSR count). The van der Waals surface area contributed by atoms with Crippen LogP contribution in [0.4, 0.5) is 0 Å². The Hall–Kier alpha value is -2.11. The molecule has 0 fully saturated rings. The van der Waals surface area contributed by atoms with Crippen LogP contribution in [0.1, 0.15) is 23.3 Å². The van der Waals surface area contributed by atoms with E-state index in [1.165, 1.54) is 6.33 Å². The van der Waals surface area contributed by atoms with Crippen LogP contribution in [0, 0.1) is 0 Å². The SMILES string of the molecule is CCN(Cc1ccco1)C(=O)c1ncn[nH]1. The van der Waals surface area contributed by atoms with Crippen LogP contribution >= 0.6 is 0 Å². The van der Waals surface area contributed by atoms with Gasteiger partial charge in [0.25, 0.3) is 5.91 Å². The summed E-state index contributed by atoms with van der Waals surface area (Å²) in [7, 11) is 0. The first-order valence-electron chi connectivity index (χ1n) is 4.98. The normalized spacial score (nSPS) is 10.3. The Morgan fingerprint density at radius 1 is 1.62 bits per heavy atom. The Morgan fingerprint density at radius 3 is 3.06 bits per heavy atom. The predicted molar refractivity (Wildman–Crippen MR) is 55.5 cm³/mol. The largest absolute Gasteiger partial charge is 0.467 e. The third-order valence-corrected chi connectivity index (χ3v) is 2.21. The molecule has 6 heteroatoms. The maximum Gasteiger partial charge on any atom is 0.291 e. The minimum atomic E-state index is -0.184. The molecule has 2 heterocycles. The molecular formula is C10H12N4O2. The molecule has 0 saturated heterocycles. The molecular weight excluding hydrogens is 208 g/mol. The molecule has 1 N–H and O–H groups in total. The summed E-state index contributed by atoms with van der Waals surface area (Å²) in [6, 6.07) is 3.62. The van der Waals surface area contributed by atoms with Gasteiger partial charge in [-0.15, -0.1) is 0 Å². The van der Waals surface area contributed by atoms with Crippen molar-refractivity contribution in [3.63, 3.8) is 0 Å². The van der Waals surface area contributed by atoms with Crippen molar-refractivity contribution >= 4 is 5.91 Å². The number of carbonyl (C=O) groups is 1. The minimum absolute atomic E-state index is 0.184. The number of H-pyrrole nitrogens is 1. The molecule has 6 nitrogen and oxygen atoms in total. The minimum Gasteiger partial charge on any atom is -0.467 e. The van der Waals surface area contributed by atoms with E-state index >= 15 is 0 Å². The molecule has 2 aromatic rings. The van der Waals surface area contributed by atoms with Crippen molar-refractivity contribution < 1.29 is 9.21 Å². The highest BCUT2D eigenvalue weighted by atomic mass is 16.3. The van der Waals surface area contributed by atoms with Gasteiger partial charge in [0, 0.05) is 6.54 Å². The summed E-state index contributed by atoms with van der Waals surface area (Å²) in [6.07, 6.45) is 2.90. The highest BCUT2D eigenvalue weighted by molar-refractivity contribution is 5.90. The number of nitrogens with one attached hydrogen (secondary N) is 1. The van der Waals surface area contributed by atoms with Gasteiger partial charge in [-0.2, -0.15) is 5.10 Å². The van der Waals surface area contributed by atoms with Gasteiger partial charge in [0.1, 0.15) is 12.1 Å². The van der Waals surface area contributed by atoms with Crippen molar-refractivity contribution in [1.29, 1.82) is 0 Å². The lowest BCUT2D eigenvalue weighted by Gasteiger charge is -2.17. The third kappa shape index (κ3) is 2.10. The molecule has 0 saturated carbocycles. The van der Waals surface area contributed by atoms with E-state index in [9.17, 15) is 4.79 Å². The summed E-state index contributed by atoms with van der Waals surface area (Å²) < 4.78 is 5.19. The molecule has 0 spiro atoms. The summed E-state index contributed by atoms with van der Waals surface area (Å²) in [5, 5.41) is 6.20. The standard InChI is InChI=1S/C10H12N4O2/c1-2-14(6-8-4-3-5-16-8)10(15)9-11-7-12-13-9/h3-5,7H,2,6H2,1H3,(H,11,12,13). The molecule has 16 heavy (non-hydrogen) atoms. The topological polar surface area (TPSA) is 75.0 Å². The van der Waals surface area contributed by atoms with Crippen molar-refractivity contribution in [3.05, 3.63) is 36.3 Å². The molecule has 0 unspecified atom stereocenters. The van der Waals surface area contributed by atoms with Crippen molar-refractivity contribution in [2.75, 3.05) is 6.54 Å². The summed E-state index contributed by atoms with van der Waals surface area (Å²) in [5.41, 5.74) is 0. The monoisotopic (exact) mass is 220 g/mol. The Bertz CT molecular complexity index is 435. The second-order valence-corrected chi connectivity index (χ2v) is 3.23. The van der Waals surface area contributed by atoms with Gasteiger partial charge in [-0.1, -0.05) is 0 Å². The summed E-state index contributed by atoms with van der Waals surface area (Å²) in [6.45, 7) is 2.92. The first-order chi connectivity index (χ1) is 7.81. The van der Waals surface area contributed by atoms with Crippen LogP contribution in [-0.4, -0.2) is 32.5 Å². The van der Waals surface area contributed by atoms with E-state index in [-0.39, 0.29) is 11.7 Å². The number of amides is 1. The fourth-order valence-electron chi connectivity index (χ4n) is 1.38. The molecule has 2 aromatic heterocycles. The smallest absolute Gasteiger partial charge is 0.291 e. The van der Waals surface area contributed by atoms with Gasteiger partial charge in [0.05, 0.1) is 12.8 Å². The van der Waals surface area contributed by atoms with Crippen molar-refractivity contribution in [2.24, 2.45) is 0 Å². The Labute approximate surface area is 92.3 Å². The first kappa shape index (κ1) is 10.4. The van der Waals surface area contributed by atoms with Gasteiger partial charge in [0.2, 0.25) is 5.82 Å². The summed E-state index contributed by atoms with van der Waals surface area (Å²) in [4.78, 5) is 17.4. The molecule has 0 radical (unpaired) electrons. The molecule has 84 valence electrons. The van der Waals surface area contributed by atoms with Crippen LogP contribution in [0.15, 0.2) is 29.1 Å². The Balaban J connectivity index is 2.08. The van der Waals surface area contributed by atoms with Crippen LogP contribution in [0.25, 0.3) is 0 Å². The number of hydrogen-bond donors (Lipinski definition) is 1. The Kier molecular flexibility index (Phi) is 3.00. The molecule has 0 aliphatic heterocycles. The van der Waals surface area contributed by atoms with Crippen LogP contribution in [0.5, 0.6) is 0 Å². The van der Waals surface area contributed by atoms with Crippen molar-refractivity contribution in [1.82, 2.24) is 20.1 Å². The van der Waals surface area contributed by atoms with Gasteiger partial charge in [0.15, 0.2) is 0 Å². The quantitative estimate of drug-likeness (QED) is 0.835. The molecule has 0 aliphatic rings. The average Bonchev–Trinajstić information content (AvgIpc) is 2.97.